The molecule has 1 aromatic heterocycles. The lowest BCUT2D eigenvalue weighted by molar-refractivity contribution is 0.294. The number of aliphatic imine (C=N–C) groups is 1. The molecule has 3 atom stereocenters. The van der Waals surface area contributed by atoms with Gasteiger partial charge in [0.05, 0.1) is 6.61 Å². The van der Waals surface area contributed by atoms with Crippen molar-refractivity contribution < 1.29 is 8.95 Å². The highest BCUT2D eigenvalue weighted by Crippen LogP contribution is 2.23. The van der Waals surface area contributed by atoms with Crippen molar-refractivity contribution in [3.05, 3.63) is 23.9 Å². The van der Waals surface area contributed by atoms with Crippen molar-refractivity contribution in [1.82, 2.24) is 15.6 Å². The van der Waals surface area contributed by atoms with Gasteiger partial charge in [-0.05, 0) is 31.7 Å². The quantitative estimate of drug-likeness (QED) is 0.224. The summed E-state index contributed by atoms with van der Waals surface area (Å²) in [4.78, 5) is 8.70. The molecule has 0 saturated heterocycles. The zero-order valence-corrected chi connectivity index (χ0v) is 20.4. The lowest BCUT2D eigenvalue weighted by Crippen LogP contribution is -2.46. The van der Waals surface area contributed by atoms with E-state index in [1.54, 1.807) is 13.2 Å². The molecule has 0 aromatic carbocycles. The molecule has 0 amide bonds. The number of nitrogens with zero attached hydrogens (tertiary/aromatic N) is 2. The van der Waals surface area contributed by atoms with Crippen LogP contribution in [0.2, 0.25) is 0 Å². The monoisotopic (exact) mass is 522 g/mol. The Labute approximate surface area is 189 Å². The second kappa shape index (κ2) is 14.1. The van der Waals surface area contributed by atoms with Crippen LogP contribution in [0, 0.1) is 0 Å². The first-order chi connectivity index (χ1) is 13.2. The minimum absolute atomic E-state index is 0. The third kappa shape index (κ3) is 8.23. The first-order valence-corrected chi connectivity index (χ1v) is 11.5. The van der Waals surface area contributed by atoms with E-state index in [0.29, 0.717) is 30.3 Å². The zero-order valence-electron chi connectivity index (χ0n) is 17.3. The number of hydrogen-bond donors (Lipinski definition) is 2. The van der Waals surface area contributed by atoms with E-state index in [0.717, 1.165) is 55.8 Å². The molecule has 1 saturated carbocycles. The number of hydrogen-bond acceptors (Lipinski definition) is 4. The molecular weight excluding hydrogens is 487 g/mol. The third-order valence-electron chi connectivity index (χ3n) is 4.88. The fraction of sp³-hybridized carbons (Fsp3) is 0.700. The van der Waals surface area contributed by atoms with E-state index in [1.165, 1.54) is 0 Å². The summed E-state index contributed by atoms with van der Waals surface area (Å²) in [7, 11) is 1.06. The van der Waals surface area contributed by atoms with Crippen molar-refractivity contribution in [2.24, 2.45) is 4.99 Å². The van der Waals surface area contributed by atoms with Gasteiger partial charge in [-0.1, -0.05) is 32.8 Å². The van der Waals surface area contributed by atoms with Crippen LogP contribution in [0.25, 0.3) is 0 Å². The minimum atomic E-state index is -0.717. The van der Waals surface area contributed by atoms with Gasteiger partial charge in [0.2, 0.25) is 5.88 Å². The fourth-order valence-corrected chi connectivity index (χ4v) is 4.67. The third-order valence-corrected chi connectivity index (χ3v) is 6.62. The van der Waals surface area contributed by atoms with Crippen LogP contribution in [0.5, 0.6) is 5.88 Å². The fourth-order valence-electron chi connectivity index (χ4n) is 3.32. The smallest absolute Gasteiger partial charge is 0.218 e. The molecule has 0 aliphatic heterocycles. The molecule has 0 bridgehead atoms. The number of halogens is 1. The van der Waals surface area contributed by atoms with Gasteiger partial charge in [-0.25, -0.2) is 4.98 Å². The second-order valence-corrected chi connectivity index (χ2v) is 8.90. The van der Waals surface area contributed by atoms with Gasteiger partial charge in [-0.2, -0.15) is 0 Å². The Hall–Kier alpha value is -0.900. The molecule has 1 fully saturated rings. The Morgan fingerprint density at radius 3 is 2.93 bits per heavy atom. The number of rotatable bonds is 9. The van der Waals surface area contributed by atoms with E-state index in [2.05, 4.69) is 27.5 Å². The Kier molecular flexibility index (Phi) is 12.7. The number of aromatic nitrogens is 1. The Bertz CT molecular complexity index is 630. The highest BCUT2D eigenvalue weighted by molar-refractivity contribution is 14.0. The minimum Gasteiger partial charge on any atom is -0.477 e. The van der Waals surface area contributed by atoms with Crippen LogP contribution < -0.4 is 15.4 Å². The van der Waals surface area contributed by atoms with Crippen LogP contribution in [0.1, 0.15) is 57.9 Å². The molecule has 1 aliphatic rings. The SMILES string of the molecule is CCCCOc1ncccc1CNC(=NC)NC1CCCC(S(=O)CC)C1.I. The molecule has 2 rings (SSSR count). The molecule has 28 heavy (non-hydrogen) atoms. The molecule has 2 N–H and O–H groups in total. The van der Waals surface area contributed by atoms with Crippen LogP contribution in [0.4, 0.5) is 0 Å². The van der Waals surface area contributed by atoms with E-state index < -0.39 is 10.8 Å². The molecule has 0 spiro atoms. The van der Waals surface area contributed by atoms with Gasteiger partial charge >= 0.3 is 0 Å². The number of ether oxygens (including phenoxy) is 1. The lowest BCUT2D eigenvalue weighted by atomic mass is 9.95. The summed E-state index contributed by atoms with van der Waals surface area (Å²) in [5, 5.41) is 7.17. The number of guanidine groups is 1. The summed E-state index contributed by atoms with van der Waals surface area (Å²) in [5.74, 6) is 2.20. The van der Waals surface area contributed by atoms with Crippen molar-refractivity contribution in [2.45, 2.75) is 70.2 Å². The molecule has 1 aliphatic carbocycles. The largest absolute Gasteiger partial charge is 0.477 e. The van der Waals surface area contributed by atoms with Crippen molar-refractivity contribution in [3.8, 4) is 5.88 Å². The van der Waals surface area contributed by atoms with Crippen LogP contribution >= 0.6 is 24.0 Å². The average Bonchev–Trinajstić information content (AvgIpc) is 2.71. The Morgan fingerprint density at radius 1 is 1.39 bits per heavy atom. The summed E-state index contributed by atoms with van der Waals surface area (Å²) >= 11 is 0. The molecule has 1 heterocycles. The zero-order chi connectivity index (χ0) is 19.5. The molecule has 3 unspecified atom stereocenters. The Balaban J connectivity index is 0.00000392. The van der Waals surface area contributed by atoms with Gasteiger partial charge in [0.15, 0.2) is 5.96 Å². The summed E-state index contributed by atoms with van der Waals surface area (Å²) in [6.07, 6.45) is 8.10. The number of nitrogens with one attached hydrogen (secondary N) is 2. The van der Waals surface area contributed by atoms with Gasteiger partial charge in [-0.3, -0.25) is 9.20 Å². The molecular formula is C20H35IN4O2S. The second-order valence-electron chi connectivity index (χ2n) is 6.89. The molecule has 8 heteroatoms. The highest BCUT2D eigenvalue weighted by Gasteiger charge is 2.26. The van der Waals surface area contributed by atoms with Gasteiger partial charge in [-0.15, -0.1) is 24.0 Å². The number of pyridine rings is 1. The molecule has 6 nitrogen and oxygen atoms in total. The standard InChI is InChI=1S/C20H34N4O2S.HI/c1-4-6-13-26-19-16(9-8-12-22-19)15-23-20(21-3)24-17-10-7-11-18(14-17)27(25)5-2;/h8-9,12,17-18H,4-7,10-11,13-15H2,1-3H3,(H2,21,23,24);1H. The normalized spacial score (nSPS) is 20.8. The first-order valence-electron chi connectivity index (χ1n) is 10.1. The maximum Gasteiger partial charge on any atom is 0.218 e. The van der Waals surface area contributed by atoms with Crippen LogP contribution in [-0.2, 0) is 17.3 Å². The van der Waals surface area contributed by atoms with Gasteiger partial charge in [0.25, 0.3) is 0 Å². The first kappa shape index (κ1) is 25.1. The maximum atomic E-state index is 12.1. The van der Waals surface area contributed by atoms with Crippen LogP contribution in [0.15, 0.2) is 23.3 Å². The summed E-state index contributed by atoms with van der Waals surface area (Å²) in [5.41, 5.74) is 1.02. The molecule has 160 valence electrons. The predicted octanol–water partition coefficient (Wildman–Crippen LogP) is 3.62. The summed E-state index contributed by atoms with van der Waals surface area (Å²) in [6, 6.07) is 4.26. The lowest BCUT2D eigenvalue weighted by Gasteiger charge is -2.30. The maximum absolute atomic E-state index is 12.1. The van der Waals surface area contributed by atoms with E-state index >= 15 is 0 Å². The topological polar surface area (TPSA) is 75.6 Å². The van der Waals surface area contributed by atoms with Gasteiger partial charge < -0.3 is 15.4 Å². The predicted molar refractivity (Wildman–Crippen MR) is 128 cm³/mol. The van der Waals surface area contributed by atoms with E-state index in [9.17, 15) is 4.21 Å². The molecule has 0 radical (unpaired) electrons. The van der Waals surface area contributed by atoms with Crippen molar-refractivity contribution in [3.63, 3.8) is 0 Å². The van der Waals surface area contributed by atoms with Crippen molar-refractivity contribution >= 4 is 40.7 Å². The summed E-state index contributed by atoms with van der Waals surface area (Å²) < 4.78 is 17.9. The van der Waals surface area contributed by atoms with Crippen LogP contribution in [0.3, 0.4) is 0 Å². The van der Waals surface area contributed by atoms with Crippen LogP contribution in [-0.4, -0.2) is 45.9 Å². The highest BCUT2D eigenvalue weighted by atomic mass is 127. The van der Waals surface area contributed by atoms with E-state index in [-0.39, 0.29) is 24.0 Å². The number of unbranched alkanes of at least 4 members (excludes halogenated alkanes) is 1. The summed E-state index contributed by atoms with van der Waals surface area (Å²) in [6.45, 7) is 5.44. The van der Waals surface area contributed by atoms with Crippen molar-refractivity contribution in [1.29, 1.82) is 0 Å². The molecule has 1 aromatic rings. The van der Waals surface area contributed by atoms with E-state index in [4.69, 9.17) is 4.74 Å². The van der Waals surface area contributed by atoms with Gasteiger partial charge in [0.1, 0.15) is 0 Å². The van der Waals surface area contributed by atoms with Crippen molar-refractivity contribution in [2.75, 3.05) is 19.4 Å². The Morgan fingerprint density at radius 2 is 2.21 bits per heavy atom. The van der Waals surface area contributed by atoms with E-state index in [1.807, 2.05) is 19.1 Å². The average molecular weight is 522 g/mol. The van der Waals surface area contributed by atoms with Gasteiger partial charge in [0, 0.05) is 53.2 Å².